The van der Waals surface area contributed by atoms with Gasteiger partial charge in [-0.15, -0.1) is 0 Å². The molecule has 126 valence electrons. The molecule has 0 aliphatic rings. The van der Waals surface area contributed by atoms with Gasteiger partial charge in [0.25, 0.3) is 0 Å². The molecule has 0 aliphatic carbocycles. The van der Waals surface area contributed by atoms with Crippen LogP contribution in [0, 0.1) is 11.6 Å². The van der Waals surface area contributed by atoms with Crippen LogP contribution in [-0.2, 0) is 9.59 Å². The van der Waals surface area contributed by atoms with Gasteiger partial charge >= 0.3 is 0 Å². The number of hydrogen-bond donors (Lipinski definition) is 1. The molecule has 0 atom stereocenters. The number of rotatable bonds is 5. The van der Waals surface area contributed by atoms with Gasteiger partial charge in [0, 0.05) is 30.6 Å². The zero-order valence-electron chi connectivity index (χ0n) is 12.9. The molecule has 24 heavy (non-hydrogen) atoms. The van der Waals surface area contributed by atoms with E-state index in [-0.39, 0.29) is 18.9 Å². The summed E-state index contributed by atoms with van der Waals surface area (Å²) in [6.45, 7) is 1.04. The van der Waals surface area contributed by atoms with E-state index in [9.17, 15) is 18.4 Å². The lowest BCUT2D eigenvalue weighted by Gasteiger charge is -2.22. The lowest BCUT2D eigenvalue weighted by atomic mass is 10.2. The molecule has 2 rings (SSSR count). The first-order valence-corrected chi connectivity index (χ1v) is 7.54. The molecule has 0 radical (unpaired) electrons. The Hall–Kier alpha value is -2.47. The fourth-order valence-corrected chi connectivity index (χ4v) is 2.27. The van der Waals surface area contributed by atoms with Gasteiger partial charge in [-0.2, -0.15) is 0 Å². The maximum Gasteiger partial charge on any atom is 0.226 e. The van der Waals surface area contributed by atoms with Crippen LogP contribution in [0.3, 0.4) is 0 Å². The number of benzene rings is 2. The molecule has 1 N–H and O–H groups in total. The van der Waals surface area contributed by atoms with Gasteiger partial charge in [0.05, 0.1) is 0 Å². The van der Waals surface area contributed by atoms with Crippen molar-refractivity contribution in [2.75, 3.05) is 16.8 Å². The fourth-order valence-electron chi connectivity index (χ4n) is 2.14. The van der Waals surface area contributed by atoms with Crippen LogP contribution >= 0.6 is 11.6 Å². The van der Waals surface area contributed by atoms with Gasteiger partial charge < -0.3 is 10.2 Å². The predicted molar refractivity (Wildman–Crippen MR) is 89.1 cm³/mol. The van der Waals surface area contributed by atoms with Crippen LogP contribution < -0.4 is 10.2 Å². The third kappa shape index (κ3) is 4.52. The zero-order valence-corrected chi connectivity index (χ0v) is 13.6. The van der Waals surface area contributed by atoms with Crippen LogP contribution in [0.15, 0.2) is 42.5 Å². The van der Waals surface area contributed by atoms with E-state index in [0.717, 1.165) is 17.0 Å². The van der Waals surface area contributed by atoms with Crippen LogP contribution in [0.5, 0.6) is 0 Å². The van der Waals surface area contributed by atoms with E-state index in [1.54, 1.807) is 24.3 Å². The smallest absolute Gasteiger partial charge is 0.226 e. The summed E-state index contributed by atoms with van der Waals surface area (Å²) in [5, 5.41) is 3.15. The molecule has 0 aromatic heterocycles. The van der Waals surface area contributed by atoms with Crippen molar-refractivity contribution in [1.82, 2.24) is 0 Å². The molecule has 2 amide bonds. The first-order valence-electron chi connectivity index (χ1n) is 7.16. The van der Waals surface area contributed by atoms with E-state index in [2.05, 4.69) is 5.32 Å². The number of anilines is 2. The molecule has 0 heterocycles. The first kappa shape index (κ1) is 17.9. The summed E-state index contributed by atoms with van der Waals surface area (Å²) >= 11 is 5.76. The normalized spacial score (nSPS) is 10.3. The number of nitrogens with one attached hydrogen (secondary N) is 1. The maximum atomic E-state index is 13.8. The third-order valence-corrected chi connectivity index (χ3v) is 3.53. The number of carbonyl (C=O) groups is 2. The van der Waals surface area contributed by atoms with Crippen LogP contribution in [0.4, 0.5) is 20.2 Å². The summed E-state index contributed by atoms with van der Waals surface area (Å²) in [6, 6.07) is 9.81. The van der Waals surface area contributed by atoms with E-state index < -0.39 is 23.2 Å². The Labute approximate surface area is 143 Å². The number of halogens is 3. The van der Waals surface area contributed by atoms with Crippen molar-refractivity contribution in [3.8, 4) is 0 Å². The summed E-state index contributed by atoms with van der Waals surface area (Å²) in [4.78, 5) is 24.6. The highest BCUT2D eigenvalue weighted by atomic mass is 35.5. The topological polar surface area (TPSA) is 49.4 Å². The van der Waals surface area contributed by atoms with E-state index >= 15 is 0 Å². The summed E-state index contributed by atoms with van der Waals surface area (Å²) in [5.74, 6) is -2.66. The molecule has 2 aromatic carbocycles. The van der Waals surface area contributed by atoms with Crippen molar-refractivity contribution in [2.24, 2.45) is 0 Å². The summed E-state index contributed by atoms with van der Waals surface area (Å²) < 4.78 is 27.6. The van der Waals surface area contributed by atoms with Crippen LogP contribution in [-0.4, -0.2) is 18.4 Å². The predicted octanol–water partition coefficient (Wildman–Crippen LogP) is 4.00. The molecule has 4 nitrogen and oxygen atoms in total. The largest absolute Gasteiger partial charge is 0.326 e. The van der Waals surface area contributed by atoms with E-state index in [1.807, 2.05) is 0 Å². The van der Waals surface area contributed by atoms with Gasteiger partial charge in [0.1, 0.15) is 17.3 Å². The molecule has 0 unspecified atom stereocenters. The van der Waals surface area contributed by atoms with Gasteiger partial charge in [-0.3, -0.25) is 9.59 Å². The summed E-state index contributed by atoms with van der Waals surface area (Å²) in [5.41, 5.74) is 0.0835. The van der Waals surface area contributed by atoms with Crippen LogP contribution in [0.1, 0.15) is 13.3 Å². The van der Waals surface area contributed by atoms with Gasteiger partial charge in [0.2, 0.25) is 11.8 Å². The number of hydrogen-bond acceptors (Lipinski definition) is 2. The minimum atomic E-state index is -0.858. The van der Waals surface area contributed by atoms with Gasteiger partial charge in [0.15, 0.2) is 0 Å². The Morgan fingerprint density at radius 1 is 1.08 bits per heavy atom. The van der Waals surface area contributed by atoms with Gasteiger partial charge in [-0.05, 0) is 36.4 Å². The van der Waals surface area contributed by atoms with Gasteiger partial charge in [-0.1, -0.05) is 17.7 Å². The Morgan fingerprint density at radius 2 is 1.67 bits per heavy atom. The van der Waals surface area contributed by atoms with E-state index in [4.69, 9.17) is 11.6 Å². The lowest BCUT2D eigenvalue weighted by Crippen LogP contribution is -2.33. The molecule has 0 fully saturated rings. The summed E-state index contributed by atoms with van der Waals surface area (Å²) in [6.07, 6.45) is -0.115. The first-order chi connectivity index (χ1) is 11.4. The standard InChI is InChI=1S/C17H15ClF2N2O2/c1-11(23)22(17-14(19)3-2-4-15(17)20)10-9-16(24)21-13-7-5-12(18)6-8-13/h2-8H,9-10H2,1H3,(H,21,24). The minimum absolute atomic E-state index is 0.115. The quantitative estimate of drug-likeness (QED) is 0.884. The lowest BCUT2D eigenvalue weighted by molar-refractivity contribution is -0.117. The van der Waals surface area contributed by atoms with Crippen molar-refractivity contribution < 1.29 is 18.4 Å². The monoisotopic (exact) mass is 352 g/mol. The van der Waals surface area contributed by atoms with Gasteiger partial charge in [-0.25, -0.2) is 8.78 Å². The molecule has 0 saturated heterocycles. The molecule has 0 aliphatic heterocycles. The summed E-state index contributed by atoms with van der Waals surface area (Å²) in [7, 11) is 0. The second kappa shape index (κ2) is 7.88. The molecule has 0 spiro atoms. The Morgan fingerprint density at radius 3 is 2.21 bits per heavy atom. The second-order valence-electron chi connectivity index (χ2n) is 5.05. The molecular weight excluding hydrogens is 338 g/mol. The van der Waals surface area contributed by atoms with Crippen molar-refractivity contribution in [1.29, 1.82) is 0 Å². The Balaban J connectivity index is 2.05. The van der Waals surface area contributed by atoms with E-state index in [1.165, 1.54) is 13.0 Å². The van der Waals surface area contributed by atoms with Crippen molar-refractivity contribution >= 4 is 34.8 Å². The Kier molecular flexibility index (Phi) is 5.87. The average molecular weight is 353 g/mol. The SMILES string of the molecule is CC(=O)N(CCC(=O)Nc1ccc(Cl)cc1)c1c(F)cccc1F. The second-order valence-corrected chi connectivity index (χ2v) is 5.48. The van der Waals surface area contributed by atoms with Crippen molar-refractivity contribution in [2.45, 2.75) is 13.3 Å². The highest BCUT2D eigenvalue weighted by Crippen LogP contribution is 2.23. The van der Waals surface area contributed by atoms with Crippen LogP contribution in [0.25, 0.3) is 0 Å². The molecule has 7 heteroatoms. The highest BCUT2D eigenvalue weighted by molar-refractivity contribution is 6.30. The number of carbonyl (C=O) groups excluding carboxylic acids is 2. The molecule has 2 aromatic rings. The fraction of sp³-hybridized carbons (Fsp3) is 0.176. The highest BCUT2D eigenvalue weighted by Gasteiger charge is 2.20. The number of para-hydroxylation sites is 1. The van der Waals surface area contributed by atoms with Crippen LogP contribution in [0.2, 0.25) is 5.02 Å². The maximum absolute atomic E-state index is 13.8. The Bertz CT molecular complexity index is 731. The van der Waals surface area contributed by atoms with Crippen molar-refractivity contribution in [3.05, 3.63) is 59.1 Å². The number of amides is 2. The molecular formula is C17H15ClF2N2O2. The number of nitrogens with zero attached hydrogens (tertiary/aromatic N) is 1. The zero-order chi connectivity index (χ0) is 17.7. The van der Waals surface area contributed by atoms with E-state index in [0.29, 0.717) is 10.7 Å². The minimum Gasteiger partial charge on any atom is -0.326 e. The van der Waals surface area contributed by atoms with Crippen molar-refractivity contribution in [3.63, 3.8) is 0 Å². The molecule has 0 saturated carbocycles. The average Bonchev–Trinajstić information content (AvgIpc) is 2.52. The third-order valence-electron chi connectivity index (χ3n) is 3.28. The molecule has 0 bridgehead atoms.